The quantitative estimate of drug-likeness (QED) is 0.861. The van der Waals surface area contributed by atoms with Gasteiger partial charge in [-0.25, -0.2) is 4.98 Å². The molecule has 3 nitrogen and oxygen atoms in total. The highest BCUT2D eigenvalue weighted by Crippen LogP contribution is 2.28. The van der Waals surface area contributed by atoms with Crippen molar-refractivity contribution >= 4 is 17.2 Å². The Morgan fingerprint density at radius 1 is 1.45 bits per heavy atom. The van der Waals surface area contributed by atoms with Gasteiger partial charge in [0.2, 0.25) is 0 Å². The summed E-state index contributed by atoms with van der Waals surface area (Å²) in [4.78, 5) is 8.28. The largest absolute Gasteiger partial charge is 0.351 e. The van der Waals surface area contributed by atoms with Crippen molar-refractivity contribution < 1.29 is 0 Å². The molecular formula is C16H17N3S. The van der Waals surface area contributed by atoms with E-state index < -0.39 is 0 Å². The first kappa shape index (κ1) is 13.1. The number of anilines is 1. The van der Waals surface area contributed by atoms with Crippen LogP contribution in [0, 0.1) is 11.3 Å². The second-order valence-corrected chi connectivity index (χ2v) is 6.06. The molecule has 0 N–H and O–H groups in total. The van der Waals surface area contributed by atoms with Gasteiger partial charge in [-0.1, -0.05) is 6.07 Å². The molecule has 1 aliphatic carbocycles. The number of fused-ring (bicyclic) bond motifs is 1. The van der Waals surface area contributed by atoms with E-state index in [0.29, 0.717) is 5.56 Å². The van der Waals surface area contributed by atoms with Crippen LogP contribution in [0.2, 0.25) is 0 Å². The number of thiophene rings is 1. The Labute approximate surface area is 123 Å². The first-order valence-electron chi connectivity index (χ1n) is 7.02. The van der Waals surface area contributed by atoms with Gasteiger partial charge in [0.25, 0.3) is 0 Å². The number of rotatable bonds is 4. The summed E-state index contributed by atoms with van der Waals surface area (Å²) in [7, 11) is 0. The Balaban J connectivity index is 1.96. The minimum Gasteiger partial charge on any atom is -0.351 e. The average molecular weight is 283 g/mol. The molecule has 1 aliphatic rings. The molecule has 20 heavy (non-hydrogen) atoms. The Kier molecular flexibility index (Phi) is 3.70. The van der Waals surface area contributed by atoms with Crippen molar-refractivity contribution in [3.63, 3.8) is 0 Å². The lowest BCUT2D eigenvalue weighted by Crippen LogP contribution is -2.24. The van der Waals surface area contributed by atoms with Crippen LogP contribution >= 0.6 is 11.3 Å². The minimum atomic E-state index is 0.712. The third-order valence-electron chi connectivity index (χ3n) is 3.76. The van der Waals surface area contributed by atoms with Crippen LogP contribution in [0.5, 0.6) is 0 Å². The molecule has 0 spiro atoms. The van der Waals surface area contributed by atoms with Gasteiger partial charge in [-0.15, -0.1) is 11.3 Å². The standard InChI is InChI=1S/C16H17N3S/c1-2-19(11-14-6-4-8-20-14)16-13(10-17)9-12-5-3-7-15(12)18-16/h4,6,8-9H,2-3,5,7,11H2,1H3. The highest BCUT2D eigenvalue weighted by molar-refractivity contribution is 7.09. The first-order chi connectivity index (χ1) is 9.81. The number of nitrogens with zero attached hydrogens (tertiary/aromatic N) is 3. The molecule has 0 unspecified atom stereocenters. The van der Waals surface area contributed by atoms with Crippen molar-refractivity contribution in [3.05, 3.63) is 45.3 Å². The predicted octanol–water partition coefficient (Wildman–Crippen LogP) is 3.53. The molecule has 0 aliphatic heterocycles. The number of aromatic nitrogens is 1. The minimum absolute atomic E-state index is 0.712. The molecule has 0 saturated heterocycles. The van der Waals surface area contributed by atoms with Crippen molar-refractivity contribution in [2.24, 2.45) is 0 Å². The fourth-order valence-electron chi connectivity index (χ4n) is 2.71. The van der Waals surface area contributed by atoms with Crippen LogP contribution in [0.15, 0.2) is 23.6 Å². The molecule has 0 saturated carbocycles. The van der Waals surface area contributed by atoms with Crippen molar-refractivity contribution in [3.8, 4) is 6.07 Å². The number of hydrogen-bond donors (Lipinski definition) is 0. The zero-order valence-corrected chi connectivity index (χ0v) is 12.4. The van der Waals surface area contributed by atoms with E-state index in [1.807, 2.05) is 6.07 Å². The summed E-state index contributed by atoms with van der Waals surface area (Å²) in [5, 5.41) is 11.5. The lowest BCUT2D eigenvalue weighted by Gasteiger charge is -2.23. The maximum atomic E-state index is 9.41. The fourth-order valence-corrected chi connectivity index (χ4v) is 3.43. The molecular weight excluding hydrogens is 266 g/mol. The lowest BCUT2D eigenvalue weighted by molar-refractivity contribution is 0.813. The van der Waals surface area contributed by atoms with Crippen LogP contribution in [-0.4, -0.2) is 11.5 Å². The van der Waals surface area contributed by atoms with Crippen LogP contribution in [0.4, 0.5) is 5.82 Å². The predicted molar refractivity (Wildman–Crippen MR) is 82.0 cm³/mol. The van der Waals surface area contributed by atoms with Crippen LogP contribution in [0.25, 0.3) is 0 Å². The van der Waals surface area contributed by atoms with E-state index >= 15 is 0 Å². The number of pyridine rings is 1. The third-order valence-corrected chi connectivity index (χ3v) is 4.62. The fraction of sp³-hybridized carbons (Fsp3) is 0.375. The zero-order chi connectivity index (χ0) is 13.9. The molecule has 2 aromatic rings. The van der Waals surface area contributed by atoms with Crippen molar-refractivity contribution in [1.82, 2.24) is 4.98 Å². The van der Waals surface area contributed by atoms with E-state index in [1.165, 1.54) is 16.1 Å². The SMILES string of the molecule is CCN(Cc1cccs1)c1nc2c(cc1C#N)CCC2. The highest BCUT2D eigenvalue weighted by atomic mass is 32.1. The summed E-state index contributed by atoms with van der Waals surface area (Å²) in [5.41, 5.74) is 3.16. The van der Waals surface area contributed by atoms with E-state index in [4.69, 9.17) is 4.98 Å². The molecule has 0 bridgehead atoms. The molecule has 0 amide bonds. The van der Waals surface area contributed by atoms with Crippen LogP contribution < -0.4 is 4.90 Å². The van der Waals surface area contributed by atoms with E-state index in [1.54, 1.807) is 11.3 Å². The molecule has 3 rings (SSSR count). The number of nitriles is 1. The Bertz CT molecular complexity index is 640. The molecule has 0 radical (unpaired) electrons. The average Bonchev–Trinajstić information content (AvgIpc) is 3.14. The molecule has 0 aromatic carbocycles. The summed E-state index contributed by atoms with van der Waals surface area (Å²) in [5.74, 6) is 0.851. The van der Waals surface area contributed by atoms with Gasteiger partial charge in [-0.2, -0.15) is 5.26 Å². The topological polar surface area (TPSA) is 39.9 Å². The van der Waals surface area contributed by atoms with Crippen LogP contribution in [-0.2, 0) is 19.4 Å². The van der Waals surface area contributed by atoms with Gasteiger partial charge in [0, 0.05) is 17.1 Å². The smallest absolute Gasteiger partial charge is 0.147 e. The summed E-state index contributed by atoms with van der Waals surface area (Å²) in [6, 6.07) is 8.56. The van der Waals surface area contributed by atoms with E-state index in [0.717, 1.165) is 38.2 Å². The van der Waals surface area contributed by atoms with Gasteiger partial charge in [-0.05, 0) is 49.3 Å². The summed E-state index contributed by atoms with van der Waals surface area (Å²) >= 11 is 1.75. The molecule has 2 aromatic heterocycles. The van der Waals surface area contributed by atoms with Crippen molar-refractivity contribution in [1.29, 1.82) is 5.26 Å². The molecule has 102 valence electrons. The highest BCUT2D eigenvalue weighted by Gasteiger charge is 2.19. The van der Waals surface area contributed by atoms with E-state index in [9.17, 15) is 5.26 Å². The molecule has 0 atom stereocenters. The second kappa shape index (κ2) is 5.64. The van der Waals surface area contributed by atoms with Gasteiger partial charge >= 0.3 is 0 Å². The van der Waals surface area contributed by atoms with Gasteiger partial charge < -0.3 is 4.90 Å². The molecule has 2 heterocycles. The Morgan fingerprint density at radius 3 is 3.05 bits per heavy atom. The van der Waals surface area contributed by atoms with E-state index in [2.05, 4.69) is 35.4 Å². The second-order valence-electron chi connectivity index (χ2n) is 5.02. The normalized spacial score (nSPS) is 13.0. The summed E-state index contributed by atoms with van der Waals surface area (Å²) in [6.45, 7) is 3.80. The van der Waals surface area contributed by atoms with Gasteiger partial charge in [-0.3, -0.25) is 0 Å². The van der Waals surface area contributed by atoms with Crippen LogP contribution in [0.1, 0.15) is 35.0 Å². The van der Waals surface area contributed by atoms with Crippen molar-refractivity contribution in [2.45, 2.75) is 32.7 Å². The maximum Gasteiger partial charge on any atom is 0.147 e. The van der Waals surface area contributed by atoms with Gasteiger partial charge in [0.15, 0.2) is 0 Å². The Hall–Kier alpha value is -1.86. The van der Waals surface area contributed by atoms with E-state index in [-0.39, 0.29) is 0 Å². The molecule has 4 heteroatoms. The van der Waals surface area contributed by atoms with Gasteiger partial charge in [0.1, 0.15) is 11.9 Å². The molecule has 0 fully saturated rings. The first-order valence-corrected chi connectivity index (χ1v) is 7.90. The third kappa shape index (κ3) is 2.41. The monoisotopic (exact) mass is 283 g/mol. The lowest BCUT2D eigenvalue weighted by atomic mass is 10.1. The Morgan fingerprint density at radius 2 is 2.35 bits per heavy atom. The summed E-state index contributed by atoms with van der Waals surface area (Å²) in [6.07, 6.45) is 3.27. The number of aryl methyl sites for hydroxylation is 2. The van der Waals surface area contributed by atoms with Crippen LogP contribution in [0.3, 0.4) is 0 Å². The number of hydrogen-bond acceptors (Lipinski definition) is 4. The van der Waals surface area contributed by atoms with Crippen molar-refractivity contribution in [2.75, 3.05) is 11.4 Å². The summed E-state index contributed by atoms with van der Waals surface area (Å²) < 4.78 is 0. The van der Waals surface area contributed by atoms with Gasteiger partial charge in [0.05, 0.1) is 12.1 Å². The zero-order valence-electron chi connectivity index (χ0n) is 11.6. The maximum absolute atomic E-state index is 9.41.